The van der Waals surface area contributed by atoms with Crippen LogP contribution in [0.15, 0.2) is 0 Å². The average Bonchev–Trinajstić information content (AvgIpc) is 2.34. The summed E-state index contributed by atoms with van der Waals surface area (Å²) in [5.74, 6) is 0.477. The molecule has 4 fully saturated rings. The van der Waals surface area contributed by atoms with Crippen LogP contribution in [0.1, 0.15) is 59.3 Å². The summed E-state index contributed by atoms with van der Waals surface area (Å²) in [4.78, 5) is 12.3. The molecule has 3 N–H and O–H groups in total. The van der Waals surface area contributed by atoms with Crippen molar-refractivity contribution in [3.05, 3.63) is 0 Å². The Balaban J connectivity index is 1.82. The third kappa shape index (κ3) is 2.73. The van der Waals surface area contributed by atoms with Crippen molar-refractivity contribution in [3.63, 3.8) is 0 Å². The monoisotopic (exact) mass is 311 g/mol. The lowest BCUT2D eigenvalue weighted by atomic mass is 9.42. The second-order valence-corrected chi connectivity index (χ2v) is 9.23. The minimum absolute atomic E-state index is 0.142. The van der Waals surface area contributed by atoms with E-state index < -0.39 is 5.60 Å². The minimum Gasteiger partial charge on any atom is -0.444 e. The van der Waals surface area contributed by atoms with Crippen molar-refractivity contribution in [3.8, 4) is 0 Å². The highest BCUT2D eigenvalue weighted by atomic mass is 16.6. The number of aliphatic hydroxyl groups is 2. The van der Waals surface area contributed by atoms with Gasteiger partial charge in [-0.05, 0) is 76.0 Å². The Kier molecular flexibility index (Phi) is 3.53. The van der Waals surface area contributed by atoms with Gasteiger partial charge in [0, 0.05) is 18.8 Å². The molecule has 5 nitrogen and oxygen atoms in total. The molecule has 1 amide bonds. The topological polar surface area (TPSA) is 78.8 Å². The Bertz CT molecular complexity index is 450. The predicted octanol–water partition coefficient (Wildman–Crippen LogP) is 2.20. The van der Waals surface area contributed by atoms with Crippen LogP contribution in [0.4, 0.5) is 4.79 Å². The maximum Gasteiger partial charge on any atom is 0.408 e. The van der Waals surface area contributed by atoms with Crippen LogP contribution in [0, 0.1) is 16.7 Å². The molecule has 5 heteroatoms. The Morgan fingerprint density at radius 1 is 1.09 bits per heavy atom. The number of rotatable bonds is 3. The Morgan fingerprint density at radius 2 is 1.64 bits per heavy atom. The van der Waals surface area contributed by atoms with Crippen LogP contribution in [0.5, 0.6) is 0 Å². The Labute approximate surface area is 132 Å². The van der Waals surface area contributed by atoms with E-state index in [0.29, 0.717) is 5.92 Å². The van der Waals surface area contributed by atoms with E-state index in [0.717, 1.165) is 38.5 Å². The molecule has 0 radical (unpaired) electrons. The third-order valence-corrected chi connectivity index (χ3v) is 5.74. The van der Waals surface area contributed by atoms with E-state index in [1.165, 1.54) is 0 Å². The fourth-order valence-electron chi connectivity index (χ4n) is 5.86. The average molecular weight is 311 g/mol. The molecule has 0 aromatic carbocycles. The van der Waals surface area contributed by atoms with Crippen LogP contribution in [0.2, 0.25) is 0 Å². The molecule has 2 atom stereocenters. The number of amides is 1. The van der Waals surface area contributed by atoms with Gasteiger partial charge in [-0.1, -0.05) is 0 Å². The highest BCUT2D eigenvalue weighted by Gasteiger charge is 2.63. The van der Waals surface area contributed by atoms with Gasteiger partial charge in [-0.3, -0.25) is 0 Å². The molecular weight excluding hydrogens is 282 g/mol. The smallest absolute Gasteiger partial charge is 0.408 e. The van der Waals surface area contributed by atoms with Crippen molar-refractivity contribution in [2.45, 2.75) is 70.4 Å². The fourth-order valence-corrected chi connectivity index (χ4v) is 5.86. The molecule has 22 heavy (non-hydrogen) atoms. The van der Waals surface area contributed by atoms with Gasteiger partial charge in [0.25, 0.3) is 0 Å². The molecule has 0 spiro atoms. The summed E-state index contributed by atoms with van der Waals surface area (Å²) in [6.07, 6.45) is 5.07. The summed E-state index contributed by atoms with van der Waals surface area (Å²) in [5, 5.41) is 23.0. The number of aliphatic hydroxyl groups excluding tert-OH is 2. The van der Waals surface area contributed by atoms with Gasteiger partial charge in [0.2, 0.25) is 0 Å². The molecular formula is C17H29NO4. The number of hydrogen-bond acceptors (Lipinski definition) is 4. The van der Waals surface area contributed by atoms with Crippen molar-refractivity contribution in [1.82, 2.24) is 5.32 Å². The summed E-state index contributed by atoms with van der Waals surface area (Å²) in [7, 11) is 0. The molecule has 0 heterocycles. The molecule has 4 aliphatic rings. The van der Waals surface area contributed by atoms with Crippen molar-refractivity contribution in [2.24, 2.45) is 16.7 Å². The zero-order chi connectivity index (χ0) is 16.2. The molecule has 4 bridgehead atoms. The quantitative estimate of drug-likeness (QED) is 0.746. The van der Waals surface area contributed by atoms with E-state index >= 15 is 0 Å². The number of carbonyl (C=O) groups is 1. The lowest BCUT2D eigenvalue weighted by Crippen LogP contribution is -2.67. The summed E-state index contributed by atoms with van der Waals surface area (Å²) < 4.78 is 5.43. The largest absolute Gasteiger partial charge is 0.444 e. The third-order valence-electron chi connectivity index (χ3n) is 5.74. The minimum atomic E-state index is -0.518. The van der Waals surface area contributed by atoms with Gasteiger partial charge in [0.05, 0.1) is 0 Å². The lowest BCUT2D eigenvalue weighted by Gasteiger charge is -2.66. The number of alkyl carbamates (subject to hydrolysis) is 1. The van der Waals surface area contributed by atoms with E-state index in [4.69, 9.17) is 4.74 Å². The lowest BCUT2D eigenvalue weighted by molar-refractivity contribution is -0.162. The Morgan fingerprint density at radius 3 is 2.09 bits per heavy atom. The SMILES string of the molecule is CC(C)(C)OC(=O)NC12CC3CC(CO)(CC(CO)(C3)C1)C2. The van der Waals surface area contributed by atoms with Gasteiger partial charge in [0.1, 0.15) is 5.60 Å². The highest BCUT2D eigenvalue weighted by Crippen LogP contribution is 2.66. The van der Waals surface area contributed by atoms with Gasteiger partial charge in [-0.15, -0.1) is 0 Å². The first-order valence-corrected chi connectivity index (χ1v) is 8.36. The number of ether oxygens (including phenoxy) is 1. The maximum absolute atomic E-state index is 12.3. The van der Waals surface area contributed by atoms with Crippen LogP contribution >= 0.6 is 0 Å². The molecule has 4 rings (SSSR count). The van der Waals surface area contributed by atoms with Gasteiger partial charge in [-0.25, -0.2) is 4.79 Å². The van der Waals surface area contributed by atoms with E-state index in [2.05, 4.69) is 5.32 Å². The van der Waals surface area contributed by atoms with Crippen LogP contribution in [-0.4, -0.2) is 40.7 Å². The maximum atomic E-state index is 12.3. The number of carbonyl (C=O) groups excluding carboxylic acids is 1. The molecule has 0 aliphatic heterocycles. The standard InChI is InChI=1S/C17H29NO4/c1-14(2,3)22-13(21)18-17-6-12-4-15(8-17,10-19)7-16(5-12,9-17)11-20/h12,19-20H,4-11H2,1-3H3,(H,18,21). The second kappa shape index (κ2) is 4.84. The highest BCUT2D eigenvalue weighted by molar-refractivity contribution is 5.69. The number of hydrogen-bond donors (Lipinski definition) is 3. The zero-order valence-corrected chi connectivity index (χ0v) is 13.9. The van der Waals surface area contributed by atoms with Crippen molar-refractivity contribution in [2.75, 3.05) is 13.2 Å². The summed E-state index contributed by atoms with van der Waals surface area (Å²) in [6, 6.07) is 0. The first-order chi connectivity index (χ1) is 10.1. The van der Waals surface area contributed by atoms with Crippen molar-refractivity contribution < 1.29 is 19.7 Å². The summed E-state index contributed by atoms with van der Waals surface area (Å²) >= 11 is 0. The molecule has 4 saturated carbocycles. The Hall–Kier alpha value is -0.810. The zero-order valence-electron chi connectivity index (χ0n) is 13.9. The first kappa shape index (κ1) is 16.1. The van der Waals surface area contributed by atoms with Crippen molar-refractivity contribution >= 4 is 6.09 Å². The molecule has 4 aliphatic carbocycles. The summed E-state index contributed by atoms with van der Waals surface area (Å²) in [6.45, 7) is 5.86. The van der Waals surface area contributed by atoms with Gasteiger partial charge in [0.15, 0.2) is 0 Å². The van der Waals surface area contributed by atoms with Crippen molar-refractivity contribution in [1.29, 1.82) is 0 Å². The summed E-state index contributed by atoms with van der Waals surface area (Å²) in [5.41, 5.74) is -1.13. The molecule has 126 valence electrons. The first-order valence-electron chi connectivity index (χ1n) is 8.36. The molecule has 0 aromatic rings. The van der Waals surface area contributed by atoms with Gasteiger partial charge >= 0.3 is 6.09 Å². The van der Waals surface area contributed by atoms with E-state index in [-0.39, 0.29) is 35.7 Å². The second-order valence-electron chi connectivity index (χ2n) is 9.23. The van der Waals surface area contributed by atoms with Gasteiger partial charge < -0.3 is 20.3 Å². The molecule has 2 unspecified atom stereocenters. The molecule has 0 aromatic heterocycles. The van der Waals surface area contributed by atoms with E-state index in [9.17, 15) is 15.0 Å². The normalized spacial score (nSPS) is 43.2. The van der Waals surface area contributed by atoms with Crippen LogP contribution in [0.3, 0.4) is 0 Å². The number of nitrogens with one attached hydrogen (secondary N) is 1. The molecule has 0 saturated heterocycles. The van der Waals surface area contributed by atoms with Crippen LogP contribution in [0.25, 0.3) is 0 Å². The van der Waals surface area contributed by atoms with Gasteiger partial charge in [-0.2, -0.15) is 0 Å². The van der Waals surface area contributed by atoms with Crippen LogP contribution < -0.4 is 5.32 Å². The predicted molar refractivity (Wildman–Crippen MR) is 82.3 cm³/mol. The van der Waals surface area contributed by atoms with Crippen LogP contribution in [-0.2, 0) is 4.74 Å². The van der Waals surface area contributed by atoms with E-state index in [1.54, 1.807) is 0 Å². The van der Waals surface area contributed by atoms with E-state index in [1.807, 2.05) is 20.8 Å². The fraction of sp³-hybridized carbons (Fsp3) is 0.941.